The van der Waals surface area contributed by atoms with Crippen molar-refractivity contribution in [2.24, 2.45) is 0 Å². The Morgan fingerprint density at radius 2 is 1.79 bits per heavy atom. The Balaban J connectivity index is 1.65. The molecule has 1 heterocycles. The summed E-state index contributed by atoms with van der Waals surface area (Å²) in [5.74, 6) is -0.873. The van der Waals surface area contributed by atoms with Gasteiger partial charge in [-0.25, -0.2) is 4.79 Å². The van der Waals surface area contributed by atoms with Crippen molar-refractivity contribution in [2.45, 2.75) is 51.5 Å². The van der Waals surface area contributed by atoms with Gasteiger partial charge in [-0.2, -0.15) is 0 Å². The zero-order chi connectivity index (χ0) is 19.8. The van der Waals surface area contributed by atoms with Gasteiger partial charge in [-0.05, 0) is 68.0 Å². The van der Waals surface area contributed by atoms with Crippen molar-refractivity contribution < 1.29 is 9.90 Å². The number of carboxylic acids is 1. The average molecular weight is 381 g/mol. The summed E-state index contributed by atoms with van der Waals surface area (Å²) in [7, 11) is 0. The predicted molar refractivity (Wildman–Crippen MR) is 115 cm³/mol. The number of carbonyl (C=O) groups is 1. The lowest BCUT2D eigenvalue weighted by Gasteiger charge is -2.33. The number of rotatable bonds is 9. The Kier molecular flexibility index (Phi) is 7.49. The Morgan fingerprint density at radius 1 is 1.07 bits per heavy atom. The van der Waals surface area contributed by atoms with Crippen molar-refractivity contribution in [3.63, 3.8) is 0 Å². The number of benzene rings is 2. The molecule has 1 saturated heterocycles. The molecule has 28 heavy (non-hydrogen) atoms. The molecule has 0 saturated carbocycles. The summed E-state index contributed by atoms with van der Waals surface area (Å²) in [6, 6.07) is 16.4. The predicted octanol–water partition coefficient (Wildman–Crippen LogP) is 5.05. The van der Waals surface area contributed by atoms with Gasteiger partial charge in [0, 0.05) is 24.8 Å². The van der Waals surface area contributed by atoms with Crippen molar-refractivity contribution >= 4 is 11.7 Å². The van der Waals surface area contributed by atoms with E-state index in [4.69, 9.17) is 5.11 Å². The standard InChI is InChI=1S/C24H32N2O2/c1-2-8-22(25-16-15-19-11-13-20(14-12-19)24(27)28)21-9-4-5-10-23(21)26-17-6-3-7-18-26/h4-5,9-14,22,25H,2-3,6-8,15-18H2,1H3,(H,27,28). The van der Waals surface area contributed by atoms with Gasteiger partial charge in [0.15, 0.2) is 0 Å². The minimum Gasteiger partial charge on any atom is -0.478 e. The monoisotopic (exact) mass is 380 g/mol. The molecule has 4 nitrogen and oxygen atoms in total. The second-order valence-electron chi connectivity index (χ2n) is 7.65. The fourth-order valence-electron chi connectivity index (χ4n) is 4.07. The highest BCUT2D eigenvalue weighted by atomic mass is 16.4. The molecule has 0 radical (unpaired) electrons. The Bertz CT molecular complexity index is 751. The first-order valence-electron chi connectivity index (χ1n) is 10.6. The highest BCUT2D eigenvalue weighted by molar-refractivity contribution is 5.87. The molecule has 2 aromatic rings. The number of anilines is 1. The summed E-state index contributed by atoms with van der Waals surface area (Å²) in [6.45, 7) is 5.44. The maximum absolute atomic E-state index is 11.0. The van der Waals surface area contributed by atoms with Gasteiger partial charge in [-0.1, -0.05) is 43.7 Å². The van der Waals surface area contributed by atoms with Crippen molar-refractivity contribution in [2.75, 3.05) is 24.5 Å². The van der Waals surface area contributed by atoms with E-state index >= 15 is 0 Å². The first kappa shape index (κ1) is 20.4. The highest BCUT2D eigenvalue weighted by Gasteiger charge is 2.19. The molecule has 1 fully saturated rings. The van der Waals surface area contributed by atoms with Crippen LogP contribution in [0.3, 0.4) is 0 Å². The Morgan fingerprint density at radius 3 is 2.46 bits per heavy atom. The third-order valence-corrected chi connectivity index (χ3v) is 5.59. The second-order valence-corrected chi connectivity index (χ2v) is 7.65. The third kappa shape index (κ3) is 5.35. The molecule has 1 atom stereocenters. The van der Waals surface area contributed by atoms with Gasteiger partial charge >= 0.3 is 5.97 Å². The van der Waals surface area contributed by atoms with Crippen LogP contribution in [0.4, 0.5) is 5.69 Å². The van der Waals surface area contributed by atoms with Gasteiger partial charge < -0.3 is 15.3 Å². The largest absolute Gasteiger partial charge is 0.478 e. The molecular formula is C24H32N2O2. The van der Waals surface area contributed by atoms with Crippen LogP contribution in [0.2, 0.25) is 0 Å². The fourth-order valence-corrected chi connectivity index (χ4v) is 4.07. The molecular weight excluding hydrogens is 348 g/mol. The zero-order valence-corrected chi connectivity index (χ0v) is 16.9. The number of hydrogen-bond donors (Lipinski definition) is 2. The maximum atomic E-state index is 11.0. The molecule has 150 valence electrons. The van der Waals surface area contributed by atoms with Crippen LogP contribution in [0.15, 0.2) is 48.5 Å². The lowest BCUT2D eigenvalue weighted by atomic mass is 9.98. The summed E-state index contributed by atoms with van der Waals surface area (Å²) >= 11 is 0. The lowest BCUT2D eigenvalue weighted by molar-refractivity contribution is 0.0697. The number of hydrogen-bond acceptors (Lipinski definition) is 3. The third-order valence-electron chi connectivity index (χ3n) is 5.59. The molecule has 1 aliphatic rings. The molecule has 2 N–H and O–H groups in total. The van der Waals surface area contributed by atoms with Crippen LogP contribution in [0.1, 0.15) is 66.6 Å². The van der Waals surface area contributed by atoms with E-state index in [1.807, 2.05) is 12.1 Å². The van der Waals surface area contributed by atoms with Crippen molar-refractivity contribution in [3.05, 3.63) is 65.2 Å². The van der Waals surface area contributed by atoms with E-state index < -0.39 is 5.97 Å². The van der Waals surface area contributed by atoms with Crippen molar-refractivity contribution in [1.82, 2.24) is 5.32 Å². The fraction of sp³-hybridized carbons (Fsp3) is 0.458. The average Bonchev–Trinajstić information content (AvgIpc) is 2.74. The molecule has 0 aromatic heterocycles. The summed E-state index contributed by atoms with van der Waals surface area (Å²) < 4.78 is 0. The van der Waals surface area contributed by atoms with Gasteiger partial charge in [0.25, 0.3) is 0 Å². The van der Waals surface area contributed by atoms with Gasteiger partial charge in [-0.15, -0.1) is 0 Å². The van der Waals surface area contributed by atoms with E-state index in [-0.39, 0.29) is 0 Å². The van der Waals surface area contributed by atoms with Gasteiger partial charge in [-0.3, -0.25) is 0 Å². The number of nitrogens with zero attached hydrogens (tertiary/aromatic N) is 1. The maximum Gasteiger partial charge on any atom is 0.335 e. The normalized spacial score (nSPS) is 15.4. The first-order chi connectivity index (χ1) is 13.7. The summed E-state index contributed by atoms with van der Waals surface area (Å²) in [5, 5.41) is 12.8. The minimum absolute atomic E-state index is 0.344. The van der Waals surface area contributed by atoms with Crippen LogP contribution in [0.5, 0.6) is 0 Å². The number of nitrogens with one attached hydrogen (secondary N) is 1. The highest BCUT2D eigenvalue weighted by Crippen LogP contribution is 2.31. The van der Waals surface area contributed by atoms with Crippen LogP contribution in [0.25, 0.3) is 0 Å². The summed E-state index contributed by atoms with van der Waals surface area (Å²) in [4.78, 5) is 13.5. The number of carboxylic acid groups (broad SMARTS) is 1. The van der Waals surface area contributed by atoms with Crippen LogP contribution < -0.4 is 10.2 Å². The molecule has 0 spiro atoms. The molecule has 0 amide bonds. The van der Waals surface area contributed by atoms with E-state index in [9.17, 15) is 4.79 Å². The molecule has 3 rings (SSSR count). The first-order valence-corrected chi connectivity index (χ1v) is 10.6. The molecule has 0 bridgehead atoms. The van der Waals surface area contributed by atoms with Crippen molar-refractivity contribution in [1.29, 1.82) is 0 Å². The van der Waals surface area contributed by atoms with Crippen LogP contribution in [0, 0.1) is 0 Å². The number of aromatic carboxylic acids is 1. The van der Waals surface area contributed by atoms with E-state index in [2.05, 4.69) is 41.4 Å². The van der Waals surface area contributed by atoms with Crippen molar-refractivity contribution in [3.8, 4) is 0 Å². The van der Waals surface area contributed by atoms with Crippen LogP contribution >= 0.6 is 0 Å². The lowest BCUT2D eigenvalue weighted by Crippen LogP contribution is -2.32. The van der Waals surface area contributed by atoms with E-state index in [1.54, 1.807) is 12.1 Å². The van der Waals surface area contributed by atoms with Crippen LogP contribution in [-0.2, 0) is 6.42 Å². The molecule has 1 aliphatic heterocycles. The topological polar surface area (TPSA) is 52.6 Å². The molecule has 2 aromatic carbocycles. The smallest absolute Gasteiger partial charge is 0.335 e. The van der Waals surface area contributed by atoms with E-state index in [0.717, 1.165) is 44.5 Å². The number of piperidine rings is 1. The molecule has 0 aliphatic carbocycles. The zero-order valence-electron chi connectivity index (χ0n) is 16.9. The SMILES string of the molecule is CCCC(NCCc1ccc(C(=O)O)cc1)c1ccccc1N1CCCCC1. The Labute approximate surface area is 168 Å². The summed E-state index contributed by atoms with van der Waals surface area (Å²) in [6.07, 6.45) is 7.06. The van der Waals surface area contributed by atoms with Gasteiger partial charge in [0.1, 0.15) is 0 Å². The quantitative estimate of drug-likeness (QED) is 0.639. The van der Waals surface area contributed by atoms with Crippen LogP contribution in [-0.4, -0.2) is 30.7 Å². The van der Waals surface area contributed by atoms with E-state index in [0.29, 0.717) is 11.6 Å². The molecule has 1 unspecified atom stereocenters. The minimum atomic E-state index is -0.873. The van der Waals surface area contributed by atoms with E-state index in [1.165, 1.54) is 30.5 Å². The van der Waals surface area contributed by atoms with Gasteiger partial charge in [0.05, 0.1) is 5.56 Å². The molecule has 4 heteroatoms. The summed E-state index contributed by atoms with van der Waals surface area (Å²) in [5.41, 5.74) is 4.31. The van der Waals surface area contributed by atoms with Gasteiger partial charge in [0.2, 0.25) is 0 Å². The Hall–Kier alpha value is -2.33. The second kappa shape index (κ2) is 10.3. The number of para-hydroxylation sites is 1.